The minimum atomic E-state index is -0.0901. The molecule has 0 spiro atoms. The van der Waals surface area contributed by atoms with Crippen molar-refractivity contribution < 1.29 is 19.1 Å². The Balaban J connectivity index is 0.000000227. The third-order valence-electron chi connectivity index (χ3n) is 14.0. The number of carbonyl (C=O) groups is 2. The highest BCUT2D eigenvalue weighted by molar-refractivity contribution is 6.30. The summed E-state index contributed by atoms with van der Waals surface area (Å²) in [6, 6.07) is 65.0. The topological polar surface area (TPSA) is 59.1 Å². The summed E-state index contributed by atoms with van der Waals surface area (Å²) in [6.45, 7) is 19.0. The second kappa shape index (κ2) is 28.9. The molecule has 0 aliphatic carbocycles. The molecule has 392 valence electrons. The van der Waals surface area contributed by atoms with E-state index in [1.54, 1.807) is 0 Å². The predicted molar refractivity (Wildman–Crippen MR) is 315 cm³/mol. The number of benzene rings is 8. The highest BCUT2D eigenvalue weighted by Crippen LogP contribution is 2.34. The zero-order chi connectivity index (χ0) is 53.8. The van der Waals surface area contributed by atoms with Crippen LogP contribution in [0.2, 0.25) is 10.0 Å². The van der Waals surface area contributed by atoms with Crippen molar-refractivity contribution in [3.05, 3.63) is 271 Å². The molecule has 0 aliphatic rings. The predicted octanol–water partition coefficient (Wildman–Crippen LogP) is 16.5. The number of ketones is 2. The van der Waals surface area contributed by atoms with Gasteiger partial charge in [0.25, 0.3) is 0 Å². The lowest BCUT2D eigenvalue weighted by atomic mass is 9.85. The van der Waals surface area contributed by atoms with Crippen LogP contribution in [-0.2, 0) is 13.1 Å². The molecule has 8 rings (SSSR count). The van der Waals surface area contributed by atoms with Crippen LogP contribution in [0.4, 0.5) is 0 Å². The molecule has 0 atom stereocenters. The van der Waals surface area contributed by atoms with Gasteiger partial charge < -0.3 is 14.4 Å². The molecule has 0 bridgehead atoms. The number of aryl methyl sites for hydroxylation is 4. The van der Waals surface area contributed by atoms with E-state index < -0.39 is 0 Å². The molecule has 0 fully saturated rings. The number of rotatable bonds is 24. The van der Waals surface area contributed by atoms with Crippen molar-refractivity contribution >= 4 is 34.8 Å². The van der Waals surface area contributed by atoms with E-state index in [2.05, 4.69) is 109 Å². The maximum absolute atomic E-state index is 13.6. The molecule has 6 nitrogen and oxygen atoms in total. The Labute approximate surface area is 462 Å². The fourth-order valence-electron chi connectivity index (χ4n) is 9.89. The normalized spacial score (nSPS) is 11.2. The molecule has 0 saturated heterocycles. The lowest BCUT2D eigenvalue weighted by molar-refractivity contribution is 0.0969. The molecular formula is C68H72Cl2N2O4. The summed E-state index contributed by atoms with van der Waals surface area (Å²) < 4.78 is 12.5. The second-order valence-electron chi connectivity index (χ2n) is 19.6. The molecule has 0 aromatic heterocycles. The average Bonchev–Trinajstić information content (AvgIpc) is 3.44. The van der Waals surface area contributed by atoms with Crippen molar-refractivity contribution in [2.45, 2.75) is 79.3 Å². The Morgan fingerprint density at radius 3 is 1.05 bits per heavy atom. The quantitative estimate of drug-likeness (QED) is 0.0562. The first kappa shape index (κ1) is 56.9. The molecule has 0 aliphatic heterocycles. The average molecular weight is 1050 g/mol. The van der Waals surface area contributed by atoms with Gasteiger partial charge in [0.15, 0.2) is 11.6 Å². The molecular weight excluding hydrogens is 980 g/mol. The largest absolute Gasteiger partial charge is 0.492 e. The van der Waals surface area contributed by atoms with Crippen LogP contribution in [0.3, 0.4) is 0 Å². The summed E-state index contributed by atoms with van der Waals surface area (Å²) in [4.78, 5) is 31.8. The Kier molecular flexibility index (Phi) is 21.7. The summed E-state index contributed by atoms with van der Waals surface area (Å²) in [5, 5.41) is 1.35. The SMILES string of the molecule is CCN(CC)CCOc1c(C)cc(C(=O)CC(c2ccc(Cl)cc2)c2ccc(Cl)cc2)cc1C.Cc1cc(C(=O)CC(c2ccccc2)c2ccccc2)cc(C)c1OCCN(Cc1ccccc1)Cc1ccccc1. The molecule has 8 heteroatoms. The molecule has 0 saturated carbocycles. The van der Waals surface area contributed by atoms with Crippen molar-refractivity contribution in [2.75, 3.05) is 39.4 Å². The van der Waals surface area contributed by atoms with E-state index in [1.807, 2.05) is 137 Å². The number of carbonyl (C=O) groups excluding carboxylic acids is 2. The van der Waals surface area contributed by atoms with E-state index in [0.29, 0.717) is 41.7 Å². The third-order valence-corrected chi connectivity index (χ3v) is 14.5. The fraction of sp³-hybridized carbons (Fsp3) is 0.265. The van der Waals surface area contributed by atoms with Crippen LogP contribution in [0.1, 0.15) is 115 Å². The lowest BCUT2D eigenvalue weighted by Crippen LogP contribution is -2.28. The Morgan fingerprint density at radius 1 is 0.421 bits per heavy atom. The number of hydrogen-bond donors (Lipinski definition) is 0. The Hall–Kier alpha value is -6.80. The summed E-state index contributed by atoms with van der Waals surface area (Å²) in [5.41, 5.74) is 12.4. The first-order chi connectivity index (χ1) is 36.9. The molecule has 76 heavy (non-hydrogen) atoms. The number of Topliss-reactive ketones (excluding diaryl/α,β-unsaturated/α-hetero) is 2. The van der Waals surface area contributed by atoms with Gasteiger partial charge in [-0.2, -0.15) is 0 Å². The minimum absolute atomic E-state index is 0.0108. The number of hydrogen-bond acceptors (Lipinski definition) is 6. The molecule has 0 N–H and O–H groups in total. The highest BCUT2D eigenvalue weighted by atomic mass is 35.5. The van der Waals surface area contributed by atoms with Crippen LogP contribution >= 0.6 is 23.2 Å². The van der Waals surface area contributed by atoms with Gasteiger partial charge >= 0.3 is 0 Å². The van der Waals surface area contributed by atoms with Gasteiger partial charge in [0.05, 0.1) is 0 Å². The van der Waals surface area contributed by atoms with Gasteiger partial charge in [-0.15, -0.1) is 0 Å². The van der Waals surface area contributed by atoms with Crippen LogP contribution < -0.4 is 9.47 Å². The summed E-state index contributed by atoms with van der Waals surface area (Å²) in [6.07, 6.45) is 0.769. The standard InChI is InChI=1S/C39H39NO2.C29H33Cl2NO2/c1-30-25-36(38(41)27-37(34-19-11-5-12-20-34)35-21-13-6-14-22-35)26-31(2)39(30)42-24-23-40(28-32-15-7-3-8-16-32)29-33-17-9-4-10-18-33;1-5-32(6-2)15-16-34-29-20(3)17-24(18-21(29)4)28(33)19-27(22-7-11-25(30)12-8-22)23-9-13-26(31)14-10-23/h3-22,25-26,37H,23-24,27-29H2,1-2H3;7-14,17-18,27H,5-6,15-16,19H2,1-4H3. The first-order valence-electron chi connectivity index (χ1n) is 26.6. The number of nitrogens with zero attached hydrogens (tertiary/aromatic N) is 2. The highest BCUT2D eigenvalue weighted by Gasteiger charge is 2.23. The van der Waals surface area contributed by atoms with E-state index in [9.17, 15) is 9.59 Å². The van der Waals surface area contributed by atoms with E-state index in [0.717, 1.165) is 101 Å². The van der Waals surface area contributed by atoms with Crippen molar-refractivity contribution in [2.24, 2.45) is 0 Å². The number of ether oxygens (including phenoxy) is 2. The minimum Gasteiger partial charge on any atom is -0.492 e. The van der Waals surface area contributed by atoms with Crippen molar-refractivity contribution in [1.29, 1.82) is 0 Å². The fourth-order valence-corrected chi connectivity index (χ4v) is 10.1. The molecule has 0 heterocycles. The second-order valence-corrected chi connectivity index (χ2v) is 20.4. The van der Waals surface area contributed by atoms with E-state index in [-0.39, 0.29) is 23.4 Å². The molecule has 0 radical (unpaired) electrons. The van der Waals surface area contributed by atoms with E-state index in [1.165, 1.54) is 11.1 Å². The van der Waals surface area contributed by atoms with Crippen LogP contribution in [0.15, 0.2) is 194 Å². The van der Waals surface area contributed by atoms with Crippen molar-refractivity contribution in [3.8, 4) is 11.5 Å². The van der Waals surface area contributed by atoms with Gasteiger partial charge in [0.1, 0.15) is 24.7 Å². The zero-order valence-corrected chi connectivity index (χ0v) is 46.5. The molecule has 0 amide bonds. The van der Waals surface area contributed by atoms with E-state index >= 15 is 0 Å². The van der Waals surface area contributed by atoms with Gasteiger partial charge in [-0.05, 0) is 145 Å². The molecule has 0 unspecified atom stereocenters. The number of halogens is 2. The molecule has 8 aromatic carbocycles. The maximum Gasteiger partial charge on any atom is 0.163 e. The summed E-state index contributed by atoms with van der Waals surface area (Å²) >= 11 is 12.2. The Morgan fingerprint density at radius 2 is 0.724 bits per heavy atom. The lowest BCUT2D eigenvalue weighted by Gasteiger charge is -2.23. The van der Waals surface area contributed by atoms with Crippen molar-refractivity contribution in [1.82, 2.24) is 9.80 Å². The van der Waals surface area contributed by atoms with Gasteiger partial charge in [0.2, 0.25) is 0 Å². The maximum atomic E-state index is 13.6. The van der Waals surface area contributed by atoms with Crippen LogP contribution in [0, 0.1) is 27.7 Å². The zero-order valence-electron chi connectivity index (χ0n) is 45.0. The van der Waals surface area contributed by atoms with Gasteiger partial charge in [-0.3, -0.25) is 14.5 Å². The Bertz CT molecular complexity index is 2880. The van der Waals surface area contributed by atoms with Gasteiger partial charge in [-0.1, -0.05) is 183 Å². The summed E-state index contributed by atoms with van der Waals surface area (Å²) in [5.74, 6) is 1.90. The van der Waals surface area contributed by atoms with Crippen LogP contribution in [0.5, 0.6) is 11.5 Å². The summed E-state index contributed by atoms with van der Waals surface area (Å²) in [7, 11) is 0. The van der Waals surface area contributed by atoms with Crippen LogP contribution in [0.25, 0.3) is 0 Å². The third kappa shape index (κ3) is 16.6. The number of likely N-dealkylation sites (N-methyl/N-ethyl adjacent to an activating group) is 1. The van der Waals surface area contributed by atoms with E-state index in [4.69, 9.17) is 32.7 Å². The molecule has 8 aromatic rings. The smallest absolute Gasteiger partial charge is 0.163 e. The van der Waals surface area contributed by atoms with Gasteiger partial charge in [0, 0.05) is 72.0 Å². The monoisotopic (exact) mass is 1050 g/mol. The van der Waals surface area contributed by atoms with Gasteiger partial charge in [-0.25, -0.2) is 0 Å². The van der Waals surface area contributed by atoms with Crippen LogP contribution in [-0.4, -0.2) is 60.8 Å². The van der Waals surface area contributed by atoms with Crippen molar-refractivity contribution in [3.63, 3.8) is 0 Å². The first-order valence-corrected chi connectivity index (χ1v) is 27.3.